The molecule has 132 valence electrons. The molecule has 0 fully saturated rings. The Labute approximate surface area is 152 Å². The lowest BCUT2D eigenvalue weighted by Crippen LogP contribution is -1.93. The van der Waals surface area contributed by atoms with E-state index in [2.05, 4.69) is 34.4 Å². The summed E-state index contributed by atoms with van der Waals surface area (Å²) in [6.07, 6.45) is 0. The third-order valence-electron chi connectivity index (χ3n) is 4.63. The number of fused-ring (bicyclic) bond motifs is 1. The molecule has 0 aliphatic rings. The van der Waals surface area contributed by atoms with Crippen molar-refractivity contribution in [3.05, 3.63) is 59.2 Å². The van der Waals surface area contributed by atoms with Crippen molar-refractivity contribution in [2.45, 2.75) is 27.4 Å². The summed E-state index contributed by atoms with van der Waals surface area (Å²) >= 11 is 0. The van der Waals surface area contributed by atoms with Gasteiger partial charge in [-0.25, -0.2) is 4.98 Å². The second-order valence-electron chi connectivity index (χ2n) is 6.53. The SMILES string of the molecule is COCc1ccccc1-c1cc(-c2c(C)noc2C)cc2[nH]c(C)nc12. The van der Waals surface area contributed by atoms with Gasteiger partial charge in [0.15, 0.2) is 0 Å². The minimum Gasteiger partial charge on any atom is -0.380 e. The highest BCUT2D eigenvalue weighted by Gasteiger charge is 2.17. The van der Waals surface area contributed by atoms with Crippen LogP contribution in [0.25, 0.3) is 33.3 Å². The van der Waals surface area contributed by atoms with Gasteiger partial charge in [-0.15, -0.1) is 0 Å². The number of hydrogen-bond donors (Lipinski definition) is 1. The lowest BCUT2D eigenvalue weighted by atomic mass is 9.94. The molecule has 2 aromatic heterocycles. The Morgan fingerprint density at radius 2 is 1.88 bits per heavy atom. The highest BCUT2D eigenvalue weighted by molar-refractivity contribution is 5.97. The van der Waals surface area contributed by atoms with E-state index in [1.54, 1.807) is 7.11 Å². The summed E-state index contributed by atoms with van der Waals surface area (Å²) in [4.78, 5) is 8.09. The summed E-state index contributed by atoms with van der Waals surface area (Å²) in [5.41, 5.74) is 8.28. The number of methoxy groups -OCH3 is 1. The van der Waals surface area contributed by atoms with Gasteiger partial charge in [0.1, 0.15) is 11.6 Å². The zero-order valence-electron chi connectivity index (χ0n) is 15.4. The Bertz CT molecular complexity index is 1070. The average Bonchev–Trinajstić information content (AvgIpc) is 3.16. The zero-order valence-corrected chi connectivity index (χ0v) is 15.4. The molecule has 2 heterocycles. The maximum atomic E-state index is 5.39. The van der Waals surface area contributed by atoms with E-state index >= 15 is 0 Å². The van der Waals surface area contributed by atoms with Crippen molar-refractivity contribution in [3.63, 3.8) is 0 Å². The number of aromatic nitrogens is 3. The molecule has 0 radical (unpaired) electrons. The van der Waals surface area contributed by atoms with E-state index in [0.29, 0.717) is 6.61 Å². The predicted octanol–water partition coefficient (Wildman–Crippen LogP) is 4.96. The van der Waals surface area contributed by atoms with Crippen LogP contribution in [0.3, 0.4) is 0 Å². The molecule has 0 bridgehead atoms. The van der Waals surface area contributed by atoms with Gasteiger partial charge in [-0.2, -0.15) is 0 Å². The topological polar surface area (TPSA) is 63.9 Å². The quantitative estimate of drug-likeness (QED) is 0.567. The lowest BCUT2D eigenvalue weighted by Gasteiger charge is -2.12. The molecule has 5 heteroatoms. The monoisotopic (exact) mass is 347 g/mol. The number of nitrogens with zero attached hydrogens (tertiary/aromatic N) is 2. The minimum absolute atomic E-state index is 0.552. The minimum atomic E-state index is 0.552. The molecule has 0 unspecified atom stereocenters. The van der Waals surface area contributed by atoms with E-state index in [9.17, 15) is 0 Å². The number of rotatable bonds is 4. The molecule has 0 aliphatic carbocycles. The molecule has 1 N–H and O–H groups in total. The number of hydrogen-bond acceptors (Lipinski definition) is 4. The molecule has 2 aromatic carbocycles. The molecule has 0 saturated heterocycles. The van der Waals surface area contributed by atoms with Gasteiger partial charge in [-0.1, -0.05) is 29.4 Å². The van der Waals surface area contributed by atoms with Crippen LogP contribution in [-0.2, 0) is 11.3 Å². The third-order valence-corrected chi connectivity index (χ3v) is 4.63. The lowest BCUT2D eigenvalue weighted by molar-refractivity contribution is 0.185. The van der Waals surface area contributed by atoms with Crippen molar-refractivity contribution in [2.24, 2.45) is 0 Å². The molecule has 0 amide bonds. The number of ether oxygens (including phenoxy) is 1. The Hall–Kier alpha value is -2.92. The van der Waals surface area contributed by atoms with Gasteiger partial charge in [-0.05, 0) is 49.6 Å². The first-order valence-electron chi connectivity index (χ1n) is 8.59. The molecule has 0 spiro atoms. The summed E-state index contributed by atoms with van der Waals surface area (Å²) in [7, 11) is 1.71. The van der Waals surface area contributed by atoms with Crippen molar-refractivity contribution < 1.29 is 9.26 Å². The average molecular weight is 347 g/mol. The van der Waals surface area contributed by atoms with Crippen LogP contribution in [0.4, 0.5) is 0 Å². The smallest absolute Gasteiger partial charge is 0.141 e. The van der Waals surface area contributed by atoms with Crippen LogP contribution in [-0.4, -0.2) is 22.2 Å². The van der Waals surface area contributed by atoms with E-state index in [1.165, 1.54) is 0 Å². The fourth-order valence-electron chi connectivity index (χ4n) is 3.55. The van der Waals surface area contributed by atoms with Crippen molar-refractivity contribution >= 4 is 11.0 Å². The van der Waals surface area contributed by atoms with Gasteiger partial charge in [0.05, 0.1) is 23.3 Å². The van der Waals surface area contributed by atoms with Gasteiger partial charge in [0.2, 0.25) is 0 Å². The standard InChI is InChI=1S/C21H21N3O2/c1-12-20(13(2)26-24-12)16-9-18(21-19(10-16)22-14(3)23-21)17-8-6-5-7-15(17)11-25-4/h5-10H,11H2,1-4H3,(H,22,23). The van der Waals surface area contributed by atoms with Gasteiger partial charge in [-0.3, -0.25) is 0 Å². The molecule has 5 nitrogen and oxygen atoms in total. The van der Waals surface area contributed by atoms with Crippen molar-refractivity contribution in [1.82, 2.24) is 15.1 Å². The van der Waals surface area contributed by atoms with Crippen LogP contribution in [0.1, 0.15) is 22.8 Å². The predicted molar refractivity (Wildman–Crippen MR) is 102 cm³/mol. The van der Waals surface area contributed by atoms with E-state index in [4.69, 9.17) is 14.2 Å². The fourth-order valence-corrected chi connectivity index (χ4v) is 3.55. The van der Waals surface area contributed by atoms with Crippen LogP contribution < -0.4 is 0 Å². The summed E-state index contributed by atoms with van der Waals surface area (Å²) < 4.78 is 10.8. The highest BCUT2D eigenvalue weighted by Crippen LogP contribution is 2.36. The first-order valence-corrected chi connectivity index (χ1v) is 8.59. The molecule has 4 rings (SSSR count). The Morgan fingerprint density at radius 3 is 2.62 bits per heavy atom. The fraction of sp³-hybridized carbons (Fsp3) is 0.238. The van der Waals surface area contributed by atoms with Crippen LogP contribution in [0, 0.1) is 20.8 Å². The van der Waals surface area contributed by atoms with Gasteiger partial charge in [0, 0.05) is 18.2 Å². The van der Waals surface area contributed by atoms with E-state index in [-0.39, 0.29) is 0 Å². The van der Waals surface area contributed by atoms with Crippen molar-refractivity contribution in [2.75, 3.05) is 7.11 Å². The zero-order chi connectivity index (χ0) is 18.3. The summed E-state index contributed by atoms with van der Waals surface area (Å²) in [6.45, 7) is 6.43. The first-order chi connectivity index (χ1) is 12.6. The molecule has 26 heavy (non-hydrogen) atoms. The Balaban J connectivity index is 2.03. The molecule has 0 saturated carbocycles. The molecule has 0 atom stereocenters. The third kappa shape index (κ3) is 2.70. The van der Waals surface area contributed by atoms with Gasteiger partial charge < -0.3 is 14.2 Å². The number of benzene rings is 2. The van der Waals surface area contributed by atoms with Crippen molar-refractivity contribution in [3.8, 4) is 22.3 Å². The largest absolute Gasteiger partial charge is 0.380 e. The number of aryl methyl sites for hydroxylation is 3. The van der Waals surface area contributed by atoms with Crippen LogP contribution in [0.5, 0.6) is 0 Å². The highest BCUT2D eigenvalue weighted by atomic mass is 16.5. The van der Waals surface area contributed by atoms with Crippen LogP contribution in [0.2, 0.25) is 0 Å². The van der Waals surface area contributed by atoms with Gasteiger partial charge >= 0.3 is 0 Å². The van der Waals surface area contributed by atoms with E-state index in [0.717, 1.165) is 56.1 Å². The Morgan fingerprint density at radius 1 is 1.08 bits per heavy atom. The van der Waals surface area contributed by atoms with E-state index in [1.807, 2.05) is 32.9 Å². The van der Waals surface area contributed by atoms with Crippen LogP contribution in [0.15, 0.2) is 40.9 Å². The van der Waals surface area contributed by atoms with Crippen molar-refractivity contribution in [1.29, 1.82) is 0 Å². The summed E-state index contributed by atoms with van der Waals surface area (Å²) in [6, 6.07) is 12.6. The van der Waals surface area contributed by atoms with Gasteiger partial charge in [0.25, 0.3) is 0 Å². The maximum absolute atomic E-state index is 5.39. The summed E-state index contributed by atoms with van der Waals surface area (Å²) in [5.74, 6) is 1.70. The summed E-state index contributed by atoms with van der Waals surface area (Å²) in [5, 5.41) is 4.11. The number of H-pyrrole nitrogens is 1. The number of aromatic amines is 1. The van der Waals surface area contributed by atoms with E-state index < -0.39 is 0 Å². The second kappa shape index (κ2) is 6.42. The Kier molecular flexibility index (Phi) is 4.09. The number of imidazole rings is 1. The second-order valence-corrected chi connectivity index (χ2v) is 6.53. The molecule has 0 aliphatic heterocycles. The first kappa shape index (κ1) is 16.5. The normalized spacial score (nSPS) is 11.4. The number of nitrogens with one attached hydrogen (secondary N) is 1. The molecule has 4 aromatic rings. The van der Waals surface area contributed by atoms with Crippen LogP contribution >= 0.6 is 0 Å². The molecular weight excluding hydrogens is 326 g/mol. The maximum Gasteiger partial charge on any atom is 0.141 e. The molecular formula is C21H21N3O2.